The Balaban J connectivity index is 1.60. The summed E-state index contributed by atoms with van der Waals surface area (Å²) < 4.78 is 6.45. The molecular formula is C17H16N4O2S2. The lowest BCUT2D eigenvalue weighted by atomic mass is 10.3. The molecule has 8 heteroatoms. The van der Waals surface area contributed by atoms with E-state index in [4.69, 9.17) is 10.5 Å². The summed E-state index contributed by atoms with van der Waals surface area (Å²) in [5, 5.41) is 11.6. The predicted octanol–water partition coefficient (Wildman–Crippen LogP) is 4.04. The standard InChI is InChI=1S/C17H16N4O2S2/c1-11(15(18)22)24-17-21-20-16(25-17)19-12-7-9-14(10-8-12)23-13-5-3-2-4-6-13/h2-11H,1H3,(H2,18,22)(H,19,20)/t11-/m1/s1. The fourth-order valence-corrected chi connectivity index (χ4v) is 3.74. The van der Waals surface area contributed by atoms with Gasteiger partial charge in [-0.15, -0.1) is 10.2 Å². The maximum Gasteiger partial charge on any atom is 0.230 e. The molecule has 0 fully saturated rings. The summed E-state index contributed by atoms with van der Waals surface area (Å²) in [4.78, 5) is 11.1. The zero-order valence-electron chi connectivity index (χ0n) is 13.4. The van der Waals surface area contributed by atoms with Crippen LogP contribution in [0.1, 0.15) is 6.92 Å². The summed E-state index contributed by atoms with van der Waals surface area (Å²) in [6.07, 6.45) is 0. The highest BCUT2D eigenvalue weighted by Gasteiger charge is 2.14. The van der Waals surface area contributed by atoms with Crippen LogP contribution in [0.5, 0.6) is 11.5 Å². The van der Waals surface area contributed by atoms with Gasteiger partial charge in [-0.25, -0.2) is 0 Å². The third kappa shape index (κ3) is 4.94. The molecule has 0 saturated carbocycles. The molecule has 1 aromatic heterocycles. The Morgan fingerprint density at radius 1 is 1.12 bits per heavy atom. The molecule has 0 spiro atoms. The predicted molar refractivity (Wildman–Crippen MR) is 101 cm³/mol. The number of rotatable bonds is 7. The average Bonchev–Trinajstić information content (AvgIpc) is 3.04. The van der Waals surface area contributed by atoms with E-state index in [1.165, 1.54) is 23.1 Å². The number of nitrogens with one attached hydrogen (secondary N) is 1. The number of para-hydroxylation sites is 1. The highest BCUT2D eigenvalue weighted by molar-refractivity contribution is 8.02. The second-order valence-electron chi connectivity index (χ2n) is 5.10. The number of aromatic nitrogens is 2. The molecule has 128 valence electrons. The normalized spacial score (nSPS) is 11.7. The van der Waals surface area contributed by atoms with Crippen LogP contribution >= 0.6 is 23.1 Å². The number of carbonyl (C=O) groups excluding carboxylic acids is 1. The molecule has 1 heterocycles. The van der Waals surface area contributed by atoms with Crippen molar-refractivity contribution in [2.75, 3.05) is 5.32 Å². The van der Waals surface area contributed by atoms with E-state index in [2.05, 4.69) is 15.5 Å². The van der Waals surface area contributed by atoms with Crippen LogP contribution in [-0.2, 0) is 4.79 Å². The van der Waals surface area contributed by atoms with Crippen molar-refractivity contribution in [3.8, 4) is 11.5 Å². The van der Waals surface area contributed by atoms with Crippen molar-refractivity contribution >= 4 is 39.8 Å². The van der Waals surface area contributed by atoms with Gasteiger partial charge in [0.05, 0.1) is 5.25 Å². The first-order chi connectivity index (χ1) is 12.1. The molecule has 0 aliphatic rings. The zero-order valence-corrected chi connectivity index (χ0v) is 15.0. The van der Waals surface area contributed by atoms with E-state index in [-0.39, 0.29) is 11.2 Å². The third-order valence-electron chi connectivity index (χ3n) is 3.17. The topological polar surface area (TPSA) is 90.1 Å². The number of anilines is 2. The van der Waals surface area contributed by atoms with Crippen molar-refractivity contribution < 1.29 is 9.53 Å². The lowest BCUT2D eigenvalue weighted by Crippen LogP contribution is -2.22. The Bertz CT molecular complexity index is 837. The molecular weight excluding hydrogens is 356 g/mol. The van der Waals surface area contributed by atoms with Gasteiger partial charge in [0, 0.05) is 5.69 Å². The summed E-state index contributed by atoms with van der Waals surface area (Å²) in [5.41, 5.74) is 6.12. The van der Waals surface area contributed by atoms with Crippen LogP contribution in [0.2, 0.25) is 0 Å². The number of hydrogen-bond acceptors (Lipinski definition) is 7. The van der Waals surface area contributed by atoms with Crippen LogP contribution in [-0.4, -0.2) is 21.4 Å². The largest absolute Gasteiger partial charge is 0.457 e. The molecule has 2 aromatic carbocycles. The van der Waals surface area contributed by atoms with E-state index >= 15 is 0 Å². The molecule has 1 amide bonds. The van der Waals surface area contributed by atoms with Gasteiger partial charge < -0.3 is 15.8 Å². The van der Waals surface area contributed by atoms with Crippen molar-refractivity contribution in [3.63, 3.8) is 0 Å². The number of nitrogens with two attached hydrogens (primary N) is 1. The van der Waals surface area contributed by atoms with Crippen molar-refractivity contribution in [2.45, 2.75) is 16.5 Å². The monoisotopic (exact) mass is 372 g/mol. The second-order valence-corrected chi connectivity index (χ2v) is 7.67. The van der Waals surface area contributed by atoms with Gasteiger partial charge in [-0.05, 0) is 43.3 Å². The summed E-state index contributed by atoms with van der Waals surface area (Å²) in [7, 11) is 0. The quantitative estimate of drug-likeness (QED) is 0.608. The van der Waals surface area contributed by atoms with Crippen LogP contribution in [0.4, 0.5) is 10.8 Å². The minimum atomic E-state index is -0.372. The number of thioether (sulfide) groups is 1. The second kappa shape index (κ2) is 8.00. The van der Waals surface area contributed by atoms with E-state index in [1.807, 2.05) is 54.6 Å². The molecule has 0 aliphatic heterocycles. The smallest absolute Gasteiger partial charge is 0.230 e. The SMILES string of the molecule is C[C@@H](Sc1nnc(Nc2ccc(Oc3ccccc3)cc2)s1)C(N)=O. The van der Waals surface area contributed by atoms with Gasteiger partial charge in [0.15, 0.2) is 4.34 Å². The molecule has 0 unspecified atom stereocenters. The summed E-state index contributed by atoms with van der Waals surface area (Å²) in [6.45, 7) is 1.74. The Morgan fingerprint density at radius 2 is 1.80 bits per heavy atom. The number of ether oxygens (including phenoxy) is 1. The first kappa shape index (κ1) is 17.2. The molecule has 6 nitrogen and oxygen atoms in total. The molecule has 25 heavy (non-hydrogen) atoms. The maximum absolute atomic E-state index is 11.1. The van der Waals surface area contributed by atoms with Crippen LogP contribution in [0, 0.1) is 0 Å². The van der Waals surface area contributed by atoms with Gasteiger partial charge in [-0.3, -0.25) is 4.79 Å². The fourth-order valence-electron chi connectivity index (χ4n) is 1.87. The minimum absolute atomic E-state index is 0.338. The highest BCUT2D eigenvalue weighted by atomic mass is 32.2. The Kier molecular flexibility index (Phi) is 5.52. The van der Waals surface area contributed by atoms with Crippen molar-refractivity contribution in [1.82, 2.24) is 10.2 Å². The maximum atomic E-state index is 11.1. The first-order valence-corrected chi connectivity index (χ1v) is 9.19. The van der Waals surface area contributed by atoms with Gasteiger partial charge in [0.25, 0.3) is 0 Å². The third-order valence-corrected chi connectivity index (χ3v) is 5.21. The van der Waals surface area contributed by atoms with E-state index in [0.29, 0.717) is 9.47 Å². The fraction of sp³-hybridized carbons (Fsp3) is 0.118. The van der Waals surface area contributed by atoms with Gasteiger partial charge in [0.2, 0.25) is 11.0 Å². The summed E-state index contributed by atoms with van der Waals surface area (Å²) in [5.74, 6) is 1.17. The molecule has 0 bridgehead atoms. The van der Waals surface area contributed by atoms with Crippen molar-refractivity contribution in [3.05, 3.63) is 54.6 Å². The van der Waals surface area contributed by atoms with Crippen LogP contribution in [0.3, 0.4) is 0 Å². The molecule has 3 aromatic rings. The van der Waals surface area contributed by atoms with Crippen LogP contribution < -0.4 is 15.8 Å². The molecule has 1 atom stereocenters. The molecule has 0 radical (unpaired) electrons. The lowest BCUT2D eigenvalue weighted by molar-refractivity contribution is -0.117. The van der Waals surface area contributed by atoms with Gasteiger partial charge in [0.1, 0.15) is 11.5 Å². The van der Waals surface area contributed by atoms with E-state index in [1.54, 1.807) is 6.92 Å². The number of hydrogen-bond donors (Lipinski definition) is 2. The average molecular weight is 372 g/mol. The van der Waals surface area contributed by atoms with E-state index in [0.717, 1.165) is 17.2 Å². The lowest BCUT2D eigenvalue weighted by Gasteiger charge is -2.07. The first-order valence-electron chi connectivity index (χ1n) is 7.49. The highest BCUT2D eigenvalue weighted by Crippen LogP contribution is 2.31. The van der Waals surface area contributed by atoms with Gasteiger partial charge in [-0.1, -0.05) is 41.3 Å². The zero-order chi connectivity index (χ0) is 17.6. The molecule has 3 rings (SSSR count). The molecule has 0 aliphatic carbocycles. The number of nitrogens with zero attached hydrogens (tertiary/aromatic N) is 2. The number of primary amides is 1. The van der Waals surface area contributed by atoms with Crippen LogP contribution in [0.15, 0.2) is 58.9 Å². The number of carbonyl (C=O) groups is 1. The molecule has 3 N–H and O–H groups in total. The Morgan fingerprint density at radius 3 is 2.48 bits per heavy atom. The summed E-state index contributed by atoms with van der Waals surface area (Å²) >= 11 is 2.67. The Hall–Kier alpha value is -2.58. The molecule has 0 saturated heterocycles. The van der Waals surface area contributed by atoms with Crippen molar-refractivity contribution in [2.24, 2.45) is 5.73 Å². The van der Waals surface area contributed by atoms with E-state index in [9.17, 15) is 4.79 Å². The van der Waals surface area contributed by atoms with E-state index < -0.39 is 0 Å². The van der Waals surface area contributed by atoms with Crippen molar-refractivity contribution in [1.29, 1.82) is 0 Å². The number of amides is 1. The number of benzene rings is 2. The summed E-state index contributed by atoms with van der Waals surface area (Å²) in [6, 6.07) is 17.2. The van der Waals surface area contributed by atoms with Gasteiger partial charge >= 0.3 is 0 Å². The Labute approximate surface area is 153 Å². The minimum Gasteiger partial charge on any atom is -0.457 e. The van der Waals surface area contributed by atoms with Gasteiger partial charge in [-0.2, -0.15) is 0 Å². The van der Waals surface area contributed by atoms with Crippen LogP contribution in [0.25, 0.3) is 0 Å².